The van der Waals surface area contributed by atoms with E-state index in [9.17, 15) is 13.2 Å². The molecular formula is C13H10ClF3OS. The van der Waals surface area contributed by atoms with Gasteiger partial charge in [0.2, 0.25) is 0 Å². The third-order valence-corrected chi connectivity index (χ3v) is 3.52. The number of hydrogen-bond donors (Lipinski definition) is 0. The van der Waals surface area contributed by atoms with Gasteiger partial charge in [-0.05, 0) is 40.1 Å². The van der Waals surface area contributed by atoms with Crippen LogP contribution in [0.3, 0.4) is 0 Å². The van der Waals surface area contributed by atoms with Crippen LogP contribution in [0.15, 0.2) is 35.0 Å². The zero-order valence-corrected chi connectivity index (χ0v) is 11.3. The lowest BCUT2D eigenvalue weighted by Gasteiger charge is -2.14. The molecule has 1 aromatic carbocycles. The van der Waals surface area contributed by atoms with Crippen LogP contribution in [-0.4, -0.2) is 0 Å². The van der Waals surface area contributed by atoms with Crippen LogP contribution in [0, 0.1) is 0 Å². The molecule has 0 saturated heterocycles. The Morgan fingerprint density at radius 2 is 1.95 bits per heavy atom. The number of hydrogen-bond acceptors (Lipinski definition) is 2. The van der Waals surface area contributed by atoms with Crippen molar-refractivity contribution in [3.63, 3.8) is 0 Å². The summed E-state index contributed by atoms with van der Waals surface area (Å²) in [7, 11) is 0. The number of rotatable bonds is 4. The van der Waals surface area contributed by atoms with E-state index in [4.69, 9.17) is 16.3 Å². The molecule has 6 heteroatoms. The van der Waals surface area contributed by atoms with E-state index < -0.39 is 11.7 Å². The summed E-state index contributed by atoms with van der Waals surface area (Å²) in [5.41, 5.74) is 0.470. The quantitative estimate of drug-likeness (QED) is 0.715. The van der Waals surface area contributed by atoms with Crippen molar-refractivity contribution in [2.24, 2.45) is 0 Å². The second-order valence-electron chi connectivity index (χ2n) is 3.88. The topological polar surface area (TPSA) is 9.23 Å². The molecule has 0 bridgehead atoms. The average molecular weight is 307 g/mol. The van der Waals surface area contributed by atoms with Crippen LogP contribution >= 0.6 is 22.9 Å². The normalized spacial score (nSPS) is 11.6. The molecule has 0 amide bonds. The van der Waals surface area contributed by atoms with Gasteiger partial charge in [-0.15, -0.1) is 11.6 Å². The smallest absolute Gasteiger partial charge is 0.419 e. The molecule has 0 radical (unpaired) electrons. The molecule has 2 aromatic rings. The van der Waals surface area contributed by atoms with Gasteiger partial charge in [-0.2, -0.15) is 24.5 Å². The maximum atomic E-state index is 12.9. The van der Waals surface area contributed by atoms with Gasteiger partial charge < -0.3 is 4.74 Å². The molecule has 0 spiro atoms. The van der Waals surface area contributed by atoms with Gasteiger partial charge in [0.1, 0.15) is 12.4 Å². The van der Waals surface area contributed by atoms with E-state index in [1.165, 1.54) is 23.5 Å². The molecule has 19 heavy (non-hydrogen) atoms. The Labute approximate surface area is 117 Å². The highest BCUT2D eigenvalue weighted by atomic mass is 35.5. The van der Waals surface area contributed by atoms with E-state index in [0.29, 0.717) is 5.56 Å². The van der Waals surface area contributed by atoms with E-state index in [-0.39, 0.29) is 18.2 Å². The van der Waals surface area contributed by atoms with Crippen LogP contribution in [0.1, 0.15) is 16.7 Å². The van der Waals surface area contributed by atoms with Gasteiger partial charge in [0, 0.05) is 5.88 Å². The van der Waals surface area contributed by atoms with Crippen LogP contribution in [0.25, 0.3) is 0 Å². The molecule has 2 rings (SSSR count). The van der Waals surface area contributed by atoms with Crippen LogP contribution in [0.2, 0.25) is 0 Å². The van der Waals surface area contributed by atoms with Crippen molar-refractivity contribution in [2.45, 2.75) is 18.7 Å². The third-order valence-electron chi connectivity index (χ3n) is 2.48. The minimum absolute atomic E-state index is 0.0356. The molecule has 0 aliphatic heterocycles. The van der Waals surface area contributed by atoms with Gasteiger partial charge in [0.05, 0.1) is 5.56 Å². The standard InChI is InChI=1S/C13H10ClF3OS/c14-6-9-1-2-12(11(5-9)13(15,16)17)18-7-10-3-4-19-8-10/h1-5,8H,6-7H2. The van der Waals surface area contributed by atoms with E-state index in [1.807, 2.05) is 16.8 Å². The number of halogens is 4. The first-order valence-corrected chi connectivity index (χ1v) is 6.88. The highest BCUT2D eigenvalue weighted by molar-refractivity contribution is 7.07. The number of thiophene rings is 1. The fourth-order valence-corrected chi connectivity index (χ4v) is 2.36. The monoisotopic (exact) mass is 306 g/mol. The zero-order chi connectivity index (χ0) is 13.9. The lowest BCUT2D eigenvalue weighted by Crippen LogP contribution is -2.09. The molecule has 0 saturated carbocycles. The molecule has 0 unspecified atom stereocenters. The second kappa shape index (κ2) is 5.84. The minimum Gasteiger partial charge on any atom is -0.488 e. The zero-order valence-electron chi connectivity index (χ0n) is 9.71. The second-order valence-corrected chi connectivity index (χ2v) is 4.93. The van der Waals surface area contributed by atoms with Crippen molar-refractivity contribution in [1.29, 1.82) is 0 Å². The maximum absolute atomic E-state index is 12.9. The predicted molar refractivity (Wildman–Crippen MR) is 69.7 cm³/mol. The average Bonchev–Trinajstić information content (AvgIpc) is 2.88. The number of alkyl halides is 4. The summed E-state index contributed by atoms with van der Waals surface area (Å²) >= 11 is 7.02. The summed E-state index contributed by atoms with van der Waals surface area (Å²) in [5.74, 6) is -0.138. The van der Waals surface area contributed by atoms with Crippen LogP contribution in [0.5, 0.6) is 5.75 Å². The molecule has 102 valence electrons. The van der Waals surface area contributed by atoms with E-state index in [0.717, 1.165) is 11.6 Å². The molecule has 0 N–H and O–H groups in total. The van der Waals surface area contributed by atoms with Crippen molar-refractivity contribution in [3.8, 4) is 5.75 Å². The summed E-state index contributed by atoms with van der Waals surface area (Å²) < 4.78 is 44.0. The van der Waals surface area contributed by atoms with Crippen LogP contribution in [0.4, 0.5) is 13.2 Å². The Bertz CT molecular complexity index is 537. The Balaban J connectivity index is 2.23. The fraction of sp³-hybridized carbons (Fsp3) is 0.231. The van der Waals surface area contributed by atoms with Gasteiger partial charge in [-0.25, -0.2) is 0 Å². The Morgan fingerprint density at radius 1 is 1.16 bits per heavy atom. The van der Waals surface area contributed by atoms with Gasteiger partial charge in [0.15, 0.2) is 0 Å². The lowest BCUT2D eigenvalue weighted by atomic mass is 10.1. The molecule has 0 atom stereocenters. The van der Waals surface area contributed by atoms with E-state index in [2.05, 4.69) is 0 Å². The van der Waals surface area contributed by atoms with E-state index >= 15 is 0 Å². The molecule has 0 fully saturated rings. The molecule has 1 nitrogen and oxygen atoms in total. The van der Waals surface area contributed by atoms with Crippen molar-refractivity contribution in [3.05, 3.63) is 51.7 Å². The molecule has 0 aliphatic carbocycles. The SMILES string of the molecule is FC(F)(F)c1cc(CCl)ccc1OCc1ccsc1. The van der Waals surface area contributed by atoms with Gasteiger partial charge in [-0.3, -0.25) is 0 Å². The van der Waals surface area contributed by atoms with Crippen molar-refractivity contribution < 1.29 is 17.9 Å². The van der Waals surface area contributed by atoms with Gasteiger partial charge >= 0.3 is 6.18 Å². The van der Waals surface area contributed by atoms with Crippen molar-refractivity contribution in [1.82, 2.24) is 0 Å². The predicted octanol–water partition coefficient (Wildman–Crippen LogP) is 5.08. The Kier molecular flexibility index (Phi) is 4.37. The summed E-state index contributed by atoms with van der Waals surface area (Å²) in [6, 6.07) is 5.68. The first-order chi connectivity index (χ1) is 9.00. The summed E-state index contributed by atoms with van der Waals surface area (Å²) in [6.45, 7) is 0.118. The maximum Gasteiger partial charge on any atom is 0.419 e. The highest BCUT2D eigenvalue weighted by Gasteiger charge is 2.34. The molecule has 0 aliphatic rings. The highest BCUT2D eigenvalue weighted by Crippen LogP contribution is 2.37. The Morgan fingerprint density at radius 3 is 2.53 bits per heavy atom. The van der Waals surface area contributed by atoms with Gasteiger partial charge in [-0.1, -0.05) is 6.07 Å². The third kappa shape index (κ3) is 3.64. The summed E-state index contributed by atoms with van der Waals surface area (Å²) in [5, 5.41) is 3.68. The molecule has 1 aromatic heterocycles. The first-order valence-electron chi connectivity index (χ1n) is 5.40. The number of ether oxygens (including phenoxy) is 1. The largest absolute Gasteiger partial charge is 0.488 e. The van der Waals surface area contributed by atoms with E-state index in [1.54, 1.807) is 0 Å². The van der Waals surface area contributed by atoms with Crippen molar-refractivity contribution in [2.75, 3.05) is 0 Å². The van der Waals surface area contributed by atoms with Crippen LogP contribution in [-0.2, 0) is 18.7 Å². The first kappa shape index (κ1) is 14.2. The van der Waals surface area contributed by atoms with Gasteiger partial charge in [0.25, 0.3) is 0 Å². The minimum atomic E-state index is -4.45. The lowest BCUT2D eigenvalue weighted by molar-refractivity contribution is -0.139. The van der Waals surface area contributed by atoms with Crippen LogP contribution < -0.4 is 4.74 Å². The number of benzene rings is 1. The summed E-state index contributed by atoms with van der Waals surface area (Å²) in [6.07, 6.45) is -4.45. The fourth-order valence-electron chi connectivity index (χ4n) is 1.54. The Hall–Kier alpha value is -1.20. The van der Waals surface area contributed by atoms with Crippen molar-refractivity contribution >= 4 is 22.9 Å². The molecule has 1 heterocycles. The molecular weight excluding hydrogens is 297 g/mol. The summed E-state index contributed by atoms with van der Waals surface area (Å²) in [4.78, 5) is 0.